The Bertz CT molecular complexity index is 2120. The summed E-state index contributed by atoms with van der Waals surface area (Å²) >= 11 is 6.89. The van der Waals surface area contributed by atoms with Crippen LogP contribution in [0.15, 0.2) is 126 Å². The van der Waals surface area contributed by atoms with Crippen LogP contribution in [0.25, 0.3) is 43.8 Å². The number of furan rings is 1. The third-order valence-corrected chi connectivity index (χ3v) is 12.4. The molecule has 8 rings (SSSR count). The standard InChI is InChI=1S/C36H26ClNOSi/c1-40(2)33-21-20-24(22-28(33)35-29(37)15-9-19-34(35)40)38(30-16-7-11-23-10-3-4-12-25(23)30)31-17-8-14-27-26-13-5-6-18-32(26)39-36(27)31/h3-22H,1-2H3. The van der Waals surface area contributed by atoms with Gasteiger partial charge < -0.3 is 9.32 Å². The van der Waals surface area contributed by atoms with E-state index in [9.17, 15) is 0 Å². The summed E-state index contributed by atoms with van der Waals surface area (Å²) in [6.45, 7) is 4.84. The Balaban J connectivity index is 1.45. The Morgan fingerprint density at radius 1 is 0.625 bits per heavy atom. The van der Waals surface area contributed by atoms with Crippen LogP contribution in [0.3, 0.4) is 0 Å². The summed E-state index contributed by atoms with van der Waals surface area (Å²) < 4.78 is 6.56. The molecule has 0 radical (unpaired) electrons. The van der Waals surface area contributed by atoms with Gasteiger partial charge in [0.1, 0.15) is 13.7 Å². The third kappa shape index (κ3) is 3.28. The number of rotatable bonds is 3. The van der Waals surface area contributed by atoms with Gasteiger partial charge in [0.2, 0.25) is 0 Å². The van der Waals surface area contributed by atoms with Gasteiger partial charge in [-0.2, -0.15) is 0 Å². The van der Waals surface area contributed by atoms with Crippen molar-refractivity contribution in [3.05, 3.63) is 126 Å². The lowest BCUT2D eigenvalue weighted by atomic mass is 10.0. The molecule has 0 spiro atoms. The van der Waals surface area contributed by atoms with Crippen molar-refractivity contribution in [3.63, 3.8) is 0 Å². The molecule has 0 aliphatic carbocycles. The maximum atomic E-state index is 6.89. The van der Waals surface area contributed by atoms with Crippen molar-refractivity contribution < 1.29 is 4.42 Å². The number of hydrogen-bond acceptors (Lipinski definition) is 2. The van der Waals surface area contributed by atoms with Crippen LogP contribution in [-0.4, -0.2) is 8.07 Å². The second-order valence-electron chi connectivity index (χ2n) is 11.1. The Kier molecular flexibility index (Phi) is 5.06. The minimum Gasteiger partial charge on any atom is -0.454 e. The van der Waals surface area contributed by atoms with Gasteiger partial charge in [-0.3, -0.25) is 0 Å². The van der Waals surface area contributed by atoms with E-state index in [1.807, 2.05) is 18.2 Å². The number of anilines is 3. The molecule has 0 atom stereocenters. The van der Waals surface area contributed by atoms with E-state index in [0.717, 1.165) is 44.0 Å². The van der Waals surface area contributed by atoms with E-state index >= 15 is 0 Å². The molecule has 0 fully saturated rings. The van der Waals surface area contributed by atoms with Crippen molar-refractivity contribution >= 4 is 79.8 Å². The molecular formula is C36H26ClNOSi. The van der Waals surface area contributed by atoms with E-state index in [0.29, 0.717) is 0 Å². The quantitative estimate of drug-likeness (QED) is 0.203. The maximum absolute atomic E-state index is 6.89. The second-order valence-corrected chi connectivity index (χ2v) is 15.8. The molecule has 1 aromatic heterocycles. The molecule has 40 heavy (non-hydrogen) atoms. The molecule has 2 nitrogen and oxygen atoms in total. The molecule has 1 aliphatic rings. The predicted molar refractivity (Wildman–Crippen MR) is 173 cm³/mol. The molecule has 0 amide bonds. The van der Waals surface area contributed by atoms with Crippen LogP contribution < -0.4 is 15.3 Å². The van der Waals surface area contributed by atoms with Crippen LogP contribution in [0.5, 0.6) is 0 Å². The Labute approximate surface area is 239 Å². The molecule has 0 saturated heterocycles. The number of benzene rings is 6. The van der Waals surface area contributed by atoms with Gasteiger partial charge in [0.15, 0.2) is 5.58 Å². The second kappa shape index (κ2) is 8.59. The average Bonchev–Trinajstić information content (AvgIpc) is 3.47. The maximum Gasteiger partial charge on any atom is 0.159 e. The molecule has 0 bridgehead atoms. The number of para-hydroxylation sites is 2. The van der Waals surface area contributed by atoms with E-state index < -0.39 is 8.07 Å². The van der Waals surface area contributed by atoms with Gasteiger partial charge in [-0.05, 0) is 63.3 Å². The topological polar surface area (TPSA) is 16.4 Å². The number of nitrogens with zero attached hydrogens (tertiary/aromatic N) is 1. The zero-order valence-corrected chi connectivity index (χ0v) is 24.0. The highest BCUT2D eigenvalue weighted by Gasteiger charge is 2.39. The fourth-order valence-corrected chi connectivity index (χ4v) is 10.0. The summed E-state index contributed by atoms with van der Waals surface area (Å²) in [4.78, 5) is 2.36. The lowest BCUT2D eigenvalue weighted by Crippen LogP contribution is -2.49. The average molecular weight is 552 g/mol. The first-order valence-electron chi connectivity index (χ1n) is 13.6. The highest BCUT2D eigenvalue weighted by atomic mass is 35.5. The first kappa shape index (κ1) is 23.6. The van der Waals surface area contributed by atoms with Gasteiger partial charge in [-0.1, -0.05) is 110 Å². The van der Waals surface area contributed by atoms with Crippen LogP contribution in [0.2, 0.25) is 18.1 Å². The zero-order chi connectivity index (χ0) is 27.0. The molecule has 0 unspecified atom stereocenters. The highest BCUT2D eigenvalue weighted by molar-refractivity contribution is 7.04. The van der Waals surface area contributed by atoms with Crippen LogP contribution >= 0.6 is 11.6 Å². The van der Waals surface area contributed by atoms with Gasteiger partial charge >= 0.3 is 0 Å². The van der Waals surface area contributed by atoms with Gasteiger partial charge in [0, 0.05) is 26.9 Å². The summed E-state index contributed by atoms with van der Waals surface area (Å²) in [7, 11) is -1.86. The summed E-state index contributed by atoms with van der Waals surface area (Å²) in [5.74, 6) is 0. The summed E-state index contributed by atoms with van der Waals surface area (Å²) in [5.41, 5.74) is 7.42. The Morgan fingerprint density at radius 3 is 2.23 bits per heavy atom. The largest absolute Gasteiger partial charge is 0.454 e. The summed E-state index contributed by atoms with van der Waals surface area (Å²) in [6, 6.07) is 43.1. The zero-order valence-electron chi connectivity index (χ0n) is 22.3. The third-order valence-electron chi connectivity index (χ3n) is 8.52. The van der Waals surface area contributed by atoms with E-state index in [2.05, 4.69) is 121 Å². The fourth-order valence-electron chi connectivity index (χ4n) is 6.61. The van der Waals surface area contributed by atoms with Crippen molar-refractivity contribution in [1.82, 2.24) is 0 Å². The van der Waals surface area contributed by atoms with E-state index in [1.54, 1.807) is 0 Å². The van der Waals surface area contributed by atoms with Crippen molar-refractivity contribution in [1.29, 1.82) is 0 Å². The summed E-state index contributed by atoms with van der Waals surface area (Å²) in [6.07, 6.45) is 0. The lowest BCUT2D eigenvalue weighted by molar-refractivity contribution is 0.669. The number of hydrogen-bond donors (Lipinski definition) is 0. The van der Waals surface area contributed by atoms with E-state index in [1.165, 1.54) is 32.3 Å². The Morgan fingerprint density at radius 2 is 1.32 bits per heavy atom. The molecule has 4 heteroatoms. The van der Waals surface area contributed by atoms with Crippen molar-refractivity contribution in [2.75, 3.05) is 4.90 Å². The van der Waals surface area contributed by atoms with Crippen LogP contribution in [0, 0.1) is 0 Å². The first-order chi connectivity index (χ1) is 19.5. The number of halogens is 1. The van der Waals surface area contributed by atoms with Gasteiger partial charge in [0.05, 0.1) is 11.4 Å². The SMILES string of the molecule is C[Si]1(C)c2ccc(N(c3cccc4ccccc34)c3cccc4c3oc3ccccc34)cc2-c2c(Cl)cccc21. The van der Waals surface area contributed by atoms with Crippen molar-refractivity contribution in [2.24, 2.45) is 0 Å². The molecule has 0 saturated carbocycles. The Hall–Kier alpha value is -4.31. The minimum absolute atomic E-state index is 0.824. The fraction of sp³-hybridized carbons (Fsp3) is 0.0556. The predicted octanol–water partition coefficient (Wildman–Crippen LogP) is 9.67. The van der Waals surface area contributed by atoms with E-state index in [4.69, 9.17) is 16.0 Å². The van der Waals surface area contributed by atoms with Gasteiger partial charge in [-0.15, -0.1) is 0 Å². The molecule has 192 valence electrons. The molecular weight excluding hydrogens is 526 g/mol. The van der Waals surface area contributed by atoms with Crippen LogP contribution in [-0.2, 0) is 0 Å². The highest BCUT2D eigenvalue weighted by Crippen LogP contribution is 2.45. The summed E-state index contributed by atoms with van der Waals surface area (Å²) in [5, 5.41) is 8.28. The van der Waals surface area contributed by atoms with Crippen LogP contribution in [0.1, 0.15) is 0 Å². The normalized spacial score (nSPS) is 13.6. The molecule has 0 N–H and O–H groups in total. The molecule has 2 heterocycles. The smallest absolute Gasteiger partial charge is 0.159 e. The first-order valence-corrected chi connectivity index (χ1v) is 17.0. The minimum atomic E-state index is -1.86. The molecule has 6 aromatic carbocycles. The van der Waals surface area contributed by atoms with Gasteiger partial charge in [-0.25, -0.2) is 0 Å². The molecule has 1 aliphatic heterocycles. The number of fused-ring (bicyclic) bond motifs is 7. The van der Waals surface area contributed by atoms with Crippen molar-refractivity contribution in [3.8, 4) is 11.1 Å². The van der Waals surface area contributed by atoms with Gasteiger partial charge in [0.25, 0.3) is 0 Å². The molecule has 7 aromatic rings. The van der Waals surface area contributed by atoms with Crippen LogP contribution in [0.4, 0.5) is 17.1 Å². The lowest BCUT2D eigenvalue weighted by Gasteiger charge is -2.28. The monoisotopic (exact) mass is 551 g/mol. The van der Waals surface area contributed by atoms with Crippen molar-refractivity contribution in [2.45, 2.75) is 13.1 Å². The van der Waals surface area contributed by atoms with E-state index in [-0.39, 0.29) is 0 Å².